The highest BCUT2D eigenvalue weighted by Gasteiger charge is 2.18. The summed E-state index contributed by atoms with van der Waals surface area (Å²) in [5, 5.41) is 16.4. The van der Waals surface area contributed by atoms with Gasteiger partial charge in [-0.05, 0) is 19.8 Å². The average molecular weight is 261 g/mol. The minimum Gasteiger partial charge on any atom is -0.369 e. The number of carbonyl (C=O) groups is 1. The zero-order valence-corrected chi connectivity index (χ0v) is 11.4. The predicted octanol–water partition coefficient (Wildman–Crippen LogP) is 1.02. The van der Waals surface area contributed by atoms with Gasteiger partial charge in [0.05, 0.1) is 5.69 Å². The van der Waals surface area contributed by atoms with E-state index in [1.807, 2.05) is 4.90 Å². The summed E-state index contributed by atoms with van der Waals surface area (Å²) in [4.78, 5) is 13.8. The van der Waals surface area contributed by atoms with Crippen LogP contribution in [0.25, 0.3) is 0 Å². The van der Waals surface area contributed by atoms with Crippen LogP contribution in [0.4, 0.5) is 5.82 Å². The highest BCUT2D eigenvalue weighted by atomic mass is 16.2. The zero-order valence-electron chi connectivity index (χ0n) is 11.4. The molecule has 0 radical (unpaired) electrons. The van der Waals surface area contributed by atoms with Crippen molar-refractivity contribution in [3.63, 3.8) is 0 Å². The second-order valence-electron chi connectivity index (χ2n) is 4.81. The van der Waals surface area contributed by atoms with Gasteiger partial charge in [-0.25, -0.2) is 0 Å². The number of nitrogens with zero attached hydrogens (tertiary/aromatic N) is 4. The highest BCUT2D eigenvalue weighted by Crippen LogP contribution is 2.17. The zero-order chi connectivity index (χ0) is 13.8. The molecule has 2 heterocycles. The molecule has 6 nitrogen and oxygen atoms in total. The summed E-state index contributed by atoms with van der Waals surface area (Å²) >= 11 is 0. The Morgan fingerprint density at radius 1 is 1.47 bits per heavy atom. The number of rotatable bonds is 4. The van der Waals surface area contributed by atoms with Gasteiger partial charge in [0.25, 0.3) is 0 Å². The van der Waals surface area contributed by atoms with Crippen LogP contribution in [0, 0.1) is 18.3 Å². The summed E-state index contributed by atoms with van der Waals surface area (Å²) < 4.78 is 1.65. The summed E-state index contributed by atoms with van der Waals surface area (Å²) in [6.07, 6.45) is 2.67. The molecule has 0 saturated carbocycles. The summed E-state index contributed by atoms with van der Waals surface area (Å²) in [6, 6.07) is 2.14. The highest BCUT2D eigenvalue weighted by molar-refractivity contribution is 5.77. The van der Waals surface area contributed by atoms with Gasteiger partial charge >= 0.3 is 0 Å². The number of hydrogen-bond acceptors (Lipinski definition) is 4. The van der Waals surface area contributed by atoms with E-state index < -0.39 is 0 Å². The first-order valence-electron chi connectivity index (χ1n) is 6.59. The third kappa shape index (κ3) is 2.87. The molecule has 1 saturated heterocycles. The lowest BCUT2D eigenvalue weighted by Gasteiger charge is -2.15. The Labute approximate surface area is 113 Å². The Bertz CT molecular complexity index is 508. The molecule has 0 atom stereocenters. The van der Waals surface area contributed by atoms with Gasteiger partial charge in [-0.3, -0.25) is 9.48 Å². The van der Waals surface area contributed by atoms with Crippen LogP contribution in [-0.2, 0) is 11.8 Å². The lowest BCUT2D eigenvalue weighted by atomic mass is 10.2. The number of hydrogen-bond donors (Lipinski definition) is 1. The molecule has 102 valence electrons. The monoisotopic (exact) mass is 261 g/mol. The Hall–Kier alpha value is -2.03. The van der Waals surface area contributed by atoms with Crippen LogP contribution in [0.3, 0.4) is 0 Å². The quantitative estimate of drug-likeness (QED) is 0.878. The predicted molar refractivity (Wildman–Crippen MR) is 71.6 cm³/mol. The van der Waals surface area contributed by atoms with E-state index in [4.69, 9.17) is 5.26 Å². The van der Waals surface area contributed by atoms with E-state index in [1.165, 1.54) is 0 Å². The van der Waals surface area contributed by atoms with E-state index in [-0.39, 0.29) is 5.91 Å². The molecule has 0 unspecified atom stereocenters. The molecule has 0 bridgehead atoms. The second-order valence-corrected chi connectivity index (χ2v) is 4.81. The number of anilines is 1. The lowest BCUT2D eigenvalue weighted by Crippen LogP contribution is -2.29. The van der Waals surface area contributed by atoms with E-state index in [0.717, 1.165) is 25.9 Å². The van der Waals surface area contributed by atoms with Crippen LogP contribution < -0.4 is 5.32 Å². The van der Waals surface area contributed by atoms with Crippen molar-refractivity contribution >= 4 is 11.7 Å². The lowest BCUT2D eigenvalue weighted by molar-refractivity contribution is -0.129. The van der Waals surface area contributed by atoms with Crippen LogP contribution in [0.15, 0.2) is 0 Å². The smallest absolute Gasteiger partial charge is 0.224 e. The maximum Gasteiger partial charge on any atom is 0.224 e. The topological polar surface area (TPSA) is 74.0 Å². The van der Waals surface area contributed by atoms with Crippen molar-refractivity contribution in [3.05, 3.63) is 11.3 Å². The summed E-state index contributed by atoms with van der Waals surface area (Å²) in [5.41, 5.74) is 1.26. The molecule has 0 aromatic carbocycles. The number of nitrogens with one attached hydrogen (secondary N) is 1. The van der Waals surface area contributed by atoms with Gasteiger partial charge in [0.2, 0.25) is 5.91 Å². The van der Waals surface area contributed by atoms with Crippen LogP contribution in [0.2, 0.25) is 0 Å². The number of aromatic nitrogens is 2. The van der Waals surface area contributed by atoms with Crippen molar-refractivity contribution in [3.8, 4) is 6.07 Å². The van der Waals surface area contributed by atoms with Crippen molar-refractivity contribution < 1.29 is 4.79 Å². The van der Waals surface area contributed by atoms with Crippen LogP contribution in [0.1, 0.15) is 30.5 Å². The van der Waals surface area contributed by atoms with Crippen LogP contribution in [-0.4, -0.2) is 40.2 Å². The van der Waals surface area contributed by atoms with E-state index in [0.29, 0.717) is 30.0 Å². The number of carbonyl (C=O) groups excluding carboxylic acids is 1. The first-order chi connectivity index (χ1) is 9.13. The third-order valence-corrected chi connectivity index (χ3v) is 3.42. The maximum atomic E-state index is 11.9. The second kappa shape index (κ2) is 5.74. The summed E-state index contributed by atoms with van der Waals surface area (Å²) in [5.74, 6) is 0.872. The van der Waals surface area contributed by atoms with Crippen molar-refractivity contribution in [2.45, 2.75) is 26.2 Å². The van der Waals surface area contributed by atoms with Gasteiger partial charge in [-0.2, -0.15) is 10.4 Å². The minimum absolute atomic E-state index is 0.183. The molecular formula is C13H19N5O. The Morgan fingerprint density at radius 2 is 2.16 bits per heavy atom. The van der Waals surface area contributed by atoms with Crippen molar-refractivity contribution in [1.82, 2.24) is 14.7 Å². The molecule has 6 heteroatoms. The van der Waals surface area contributed by atoms with Gasteiger partial charge < -0.3 is 10.2 Å². The third-order valence-electron chi connectivity index (χ3n) is 3.42. The number of aryl methyl sites for hydroxylation is 2. The molecule has 0 spiro atoms. The number of nitriles is 1. The van der Waals surface area contributed by atoms with Gasteiger partial charge in [0.1, 0.15) is 17.5 Å². The van der Waals surface area contributed by atoms with Gasteiger partial charge in [0.15, 0.2) is 0 Å². The number of likely N-dealkylation sites (tertiary alicyclic amines) is 1. The van der Waals surface area contributed by atoms with Crippen LogP contribution in [0.5, 0.6) is 0 Å². The van der Waals surface area contributed by atoms with Crippen molar-refractivity contribution in [2.75, 3.05) is 25.0 Å². The van der Waals surface area contributed by atoms with E-state index in [2.05, 4.69) is 16.5 Å². The molecule has 1 aromatic heterocycles. The first-order valence-corrected chi connectivity index (χ1v) is 6.59. The van der Waals surface area contributed by atoms with Gasteiger partial charge in [-0.1, -0.05) is 0 Å². The van der Waals surface area contributed by atoms with Crippen LogP contribution >= 0.6 is 0 Å². The first kappa shape index (κ1) is 13.4. The fourth-order valence-corrected chi connectivity index (χ4v) is 2.41. The SMILES string of the molecule is Cc1nn(C)c(NCCC(=O)N2CCCC2)c1C#N. The number of amides is 1. The van der Waals surface area contributed by atoms with E-state index >= 15 is 0 Å². The fraction of sp³-hybridized carbons (Fsp3) is 0.615. The Balaban J connectivity index is 1.89. The standard InChI is InChI=1S/C13H19N5O/c1-10-11(9-14)13(17(2)16-10)15-6-5-12(19)18-7-3-4-8-18/h15H,3-8H2,1-2H3. The molecule has 1 aliphatic rings. The fourth-order valence-electron chi connectivity index (χ4n) is 2.41. The molecule has 19 heavy (non-hydrogen) atoms. The summed E-state index contributed by atoms with van der Waals surface area (Å²) in [6.45, 7) is 4.10. The molecule has 1 aromatic rings. The van der Waals surface area contributed by atoms with E-state index in [1.54, 1.807) is 18.7 Å². The maximum absolute atomic E-state index is 11.9. The Morgan fingerprint density at radius 3 is 2.79 bits per heavy atom. The molecular weight excluding hydrogens is 242 g/mol. The van der Waals surface area contributed by atoms with Gasteiger partial charge in [-0.15, -0.1) is 0 Å². The molecule has 0 aliphatic carbocycles. The van der Waals surface area contributed by atoms with Gasteiger partial charge in [0, 0.05) is 33.1 Å². The van der Waals surface area contributed by atoms with E-state index in [9.17, 15) is 4.79 Å². The summed E-state index contributed by atoms with van der Waals surface area (Å²) in [7, 11) is 1.79. The van der Waals surface area contributed by atoms with Crippen molar-refractivity contribution in [1.29, 1.82) is 5.26 Å². The molecule has 1 amide bonds. The Kier molecular flexibility index (Phi) is 4.05. The normalized spacial score (nSPS) is 14.5. The molecule has 2 rings (SSSR count). The minimum atomic E-state index is 0.183. The average Bonchev–Trinajstić information content (AvgIpc) is 2.98. The molecule has 1 fully saturated rings. The molecule has 1 aliphatic heterocycles. The molecule has 1 N–H and O–H groups in total. The largest absolute Gasteiger partial charge is 0.369 e. The van der Waals surface area contributed by atoms with Crippen molar-refractivity contribution in [2.24, 2.45) is 7.05 Å².